The lowest BCUT2D eigenvalue weighted by Gasteiger charge is -2.20. The Morgan fingerprint density at radius 2 is 2.25 bits per heavy atom. The van der Waals surface area contributed by atoms with Crippen LogP contribution in [0.1, 0.15) is 10.4 Å². The fourth-order valence-corrected chi connectivity index (χ4v) is 1.47. The summed E-state index contributed by atoms with van der Waals surface area (Å²) in [5.74, 6) is 0.684. The van der Waals surface area contributed by atoms with Crippen molar-refractivity contribution in [3.8, 4) is 17.6 Å². The van der Waals surface area contributed by atoms with Gasteiger partial charge in [0.1, 0.15) is 19.8 Å². The van der Waals surface area contributed by atoms with Crippen molar-refractivity contribution in [2.45, 2.75) is 0 Å². The first-order valence-electron chi connectivity index (χ1n) is 4.86. The van der Waals surface area contributed by atoms with Gasteiger partial charge in [-0.2, -0.15) is 5.26 Å². The number of hydrogen-bond acceptors (Lipinski definition) is 4. The van der Waals surface area contributed by atoms with Gasteiger partial charge in [0.2, 0.25) is 0 Å². The zero-order valence-corrected chi connectivity index (χ0v) is 8.53. The average molecular weight is 218 g/mol. The fraction of sp³-hybridized carbons (Fsp3) is 0.273. The monoisotopic (exact) mass is 218 g/mol. The quantitative estimate of drug-likeness (QED) is 0.742. The number of benzene rings is 1. The van der Waals surface area contributed by atoms with E-state index in [4.69, 9.17) is 14.7 Å². The largest absolute Gasteiger partial charge is 0.486 e. The average Bonchev–Trinajstić information content (AvgIpc) is 2.35. The number of carbonyl (C=O) groups excluding carboxylic acids is 1. The van der Waals surface area contributed by atoms with E-state index in [-0.39, 0.29) is 12.5 Å². The van der Waals surface area contributed by atoms with Crippen LogP contribution in [0.15, 0.2) is 18.2 Å². The lowest BCUT2D eigenvalue weighted by atomic mass is 10.1. The first-order valence-corrected chi connectivity index (χ1v) is 4.86. The van der Waals surface area contributed by atoms with Gasteiger partial charge in [-0.1, -0.05) is 6.07 Å². The summed E-state index contributed by atoms with van der Waals surface area (Å²) in [5, 5.41) is 10.8. The third-order valence-electron chi connectivity index (χ3n) is 2.14. The molecule has 0 fully saturated rings. The van der Waals surface area contributed by atoms with Crippen LogP contribution in [-0.2, 0) is 0 Å². The normalized spacial score (nSPS) is 12.7. The molecule has 1 aliphatic heterocycles. The zero-order chi connectivity index (χ0) is 11.4. The second-order valence-corrected chi connectivity index (χ2v) is 3.17. The third kappa shape index (κ3) is 1.91. The molecule has 0 bridgehead atoms. The molecule has 0 aliphatic carbocycles. The van der Waals surface area contributed by atoms with E-state index in [2.05, 4.69) is 5.32 Å². The molecule has 0 atom stereocenters. The van der Waals surface area contributed by atoms with Gasteiger partial charge in [0.05, 0.1) is 11.6 Å². The maximum atomic E-state index is 11.7. The minimum absolute atomic E-state index is 0.0244. The van der Waals surface area contributed by atoms with E-state index < -0.39 is 0 Å². The number of amides is 1. The molecule has 0 spiro atoms. The van der Waals surface area contributed by atoms with Crippen LogP contribution in [0.25, 0.3) is 0 Å². The Morgan fingerprint density at radius 3 is 3.06 bits per heavy atom. The van der Waals surface area contributed by atoms with E-state index in [0.29, 0.717) is 30.3 Å². The molecular weight excluding hydrogens is 208 g/mol. The second kappa shape index (κ2) is 4.53. The van der Waals surface area contributed by atoms with Crippen molar-refractivity contribution in [2.75, 3.05) is 19.8 Å². The number of carbonyl (C=O) groups is 1. The van der Waals surface area contributed by atoms with Crippen LogP contribution in [0.4, 0.5) is 0 Å². The molecule has 5 heteroatoms. The summed E-state index contributed by atoms with van der Waals surface area (Å²) < 4.78 is 10.7. The molecule has 0 unspecified atom stereocenters. The number of para-hydroxylation sites is 1. The Bertz CT molecular complexity index is 451. The smallest absolute Gasteiger partial charge is 0.256 e. The van der Waals surface area contributed by atoms with E-state index in [1.165, 1.54) is 0 Å². The number of ether oxygens (including phenoxy) is 2. The molecule has 16 heavy (non-hydrogen) atoms. The van der Waals surface area contributed by atoms with Crippen molar-refractivity contribution in [1.29, 1.82) is 5.26 Å². The van der Waals surface area contributed by atoms with E-state index in [0.717, 1.165) is 0 Å². The lowest BCUT2D eigenvalue weighted by Crippen LogP contribution is -2.26. The minimum Gasteiger partial charge on any atom is -0.486 e. The molecule has 0 saturated carbocycles. The van der Waals surface area contributed by atoms with Gasteiger partial charge in [0.25, 0.3) is 5.91 Å². The second-order valence-electron chi connectivity index (χ2n) is 3.17. The summed E-state index contributed by atoms with van der Waals surface area (Å²) in [7, 11) is 0. The van der Waals surface area contributed by atoms with E-state index in [9.17, 15) is 4.79 Å². The van der Waals surface area contributed by atoms with Crippen LogP contribution >= 0.6 is 0 Å². The number of hydrogen-bond donors (Lipinski definition) is 1. The van der Waals surface area contributed by atoms with Gasteiger partial charge < -0.3 is 14.8 Å². The molecule has 1 aromatic carbocycles. The number of rotatable bonds is 2. The molecule has 0 radical (unpaired) electrons. The van der Waals surface area contributed by atoms with Crippen LogP contribution < -0.4 is 14.8 Å². The maximum Gasteiger partial charge on any atom is 0.256 e. The summed E-state index contributed by atoms with van der Waals surface area (Å²) in [6.45, 7) is 0.884. The molecule has 2 rings (SSSR count). The van der Waals surface area contributed by atoms with Gasteiger partial charge in [-0.3, -0.25) is 4.79 Å². The van der Waals surface area contributed by atoms with Gasteiger partial charge in [-0.25, -0.2) is 0 Å². The predicted molar refractivity (Wildman–Crippen MR) is 55.4 cm³/mol. The molecule has 0 aromatic heterocycles. The highest BCUT2D eigenvalue weighted by Gasteiger charge is 2.19. The van der Waals surface area contributed by atoms with Gasteiger partial charge in [0.15, 0.2) is 11.5 Å². The molecule has 1 aromatic rings. The predicted octanol–water partition coefficient (Wildman–Crippen LogP) is 0.711. The highest BCUT2D eigenvalue weighted by molar-refractivity contribution is 5.97. The highest BCUT2D eigenvalue weighted by atomic mass is 16.6. The van der Waals surface area contributed by atoms with E-state index >= 15 is 0 Å². The number of nitrogens with one attached hydrogen (secondary N) is 1. The minimum atomic E-state index is -0.330. The van der Waals surface area contributed by atoms with E-state index in [1.807, 2.05) is 6.07 Å². The Labute approximate surface area is 92.6 Å². The molecular formula is C11H10N2O3. The van der Waals surface area contributed by atoms with Gasteiger partial charge in [0, 0.05) is 0 Å². The van der Waals surface area contributed by atoms with Crippen LogP contribution in [0.3, 0.4) is 0 Å². The third-order valence-corrected chi connectivity index (χ3v) is 2.14. The van der Waals surface area contributed by atoms with Crippen molar-refractivity contribution in [1.82, 2.24) is 5.32 Å². The molecule has 5 nitrogen and oxygen atoms in total. The molecule has 1 heterocycles. The van der Waals surface area contributed by atoms with Crippen LogP contribution in [0.5, 0.6) is 11.5 Å². The zero-order valence-electron chi connectivity index (χ0n) is 8.53. The molecule has 82 valence electrons. The van der Waals surface area contributed by atoms with Crippen LogP contribution in [0, 0.1) is 11.3 Å². The van der Waals surface area contributed by atoms with Crippen molar-refractivity contribution in [3.05, 3.63) is 23.8 Å². The number of nitrogens with zero attached hydrogens (tertiary/aromatic N) is 1. The fourth-order valence-electron chi connectivity index (χ4n) is 1.47. The standard InChI is InChI=1S/C11H10N2O3/c12-4-5-13-11(14)8-2-1-3-9-10(8)16-7-6-15-9/h1-3H,5-7H2,(H,13,14). The van der Waals surface area contributed by atoms with Crippen LogP contribution in [0.2, 0.25) is 0 Å². The van der Waals surface area contributed by atoms with Gasteiger partial charge >= 0.3 is 0 Å². The first kappa shape index (κ1) is 10.3. The van der Waals surface area contributed by atoms with Gasteiger partial charge in [-0.05, 0) is 12.1 Å². The summed E-state index contributed by atoms with van der Waals surface area (Å²) >= 11 is 0. The topological polar surface area (TPSA) is 71.4 Å². The Hall–Kier alpha value is -2.22. The summed E-state index contributed by atoms with van der Waals surface area (Å²) in [6.07, 6.45) is 0. The molecule has 1 amide bonds. The lowest BCUT2D eigenvalue weighted by molar-refractivity contribution is 0.0947. The Morgan fingerprint density at radius 1 is 1.44 bits per heavy atom. The van der Waals surface area contributed by atoms with Crippen molar-refractivity contribution in [2.24, 2.45) is 0 Å². The van der Waals surface area contributed by atoms with Gasteiger partial charge in [-0.15, -0.1) is 0 Å². The van der Waals surface area contributed by atoms with Crippen LogP contribution in [-0.4, -0.2) is 25.7 Å². The molecule has 0 saturated heterocycles. The molecule has 1 aliphatic rings. The van der Waals surface area contributed by atoms with Crippen molar-refractivity contribution >= 4 is 5.91 Å². The first-order chi connectivity index (χ1) is 7.83. The van der Waals surface area contributed by atoms with Crippen molar-refractivity contribution < 1.29 is 14.3 Å². The maximum absolute atomic E-state index is 11.7. The SMILES string of the molecule is N#CCNC(=O)c1cccc2c1OCCO2. The van der Waals surface area contributed by atoms with E-state index in [1.54, 1.807) is 18.2 Å². The summed E-state index contributed by atoms with van der Waals surface area (Å²) in [5.41, 5.74) is 0.396. The Balaban J connectivity index is 2.27. The van der Waals surface area contributed by atoms with Crippen molar-refractivity contribution in [3.63, 3.8) is 0 Å². The Kier molecular flexibility index (Phi) is 2.92. The number of nitriles is 1. The molecule has 1 N–H and O–H groups in total. The summed E-state index contributed by atoms with van der Waals surface area (Å²) in [4.78, 5) is 11.7. The number of fused-ring (bicyclic) bond motifs is 1. The highest BCUT2D eigenvalue weighted by Crippen LogP contribution is 2.33. The summed E-state index contributed by atoms with van der Waals surface area (Å²) in [6, 6.07) is 6.95.